The molecule has 0 radical (unpaired) electrons. The third kappa shape index (κ3) is 3.74. The summed E-state index contributed by atoms with van der Waals surface area (Å²) >= 11 is 3.51. The second-order valence-corrected chi connectivity index (χ2v) is 5.34. The Hall–Kier alpha value is -1.52. The molecule has 4 heteroatoms. The number of benzene rings is 2. The molecule has 0 saturated heterocycles. The molecule has 0 aliphatic heterocycles. The smallest absolute Gasteiger partial charge is 0.141 e. The van der Waals surface area contributed by atoms with Gasteiger partial charge in [0.05, 0.1) is 11.1 Å². The molecule has 0 aromatic heterocycles. The first-order chi connectivity index (χ1) is 9.60. The average Bonchev–Trinajstić information content (AvgIpc) is 2.42. The average molecular weight is 336 g/mol. The van der Waals surface area contributed by atoms with Crippen LogP contribution in [0.3, 0.4) is 0 Å². The largest absolute Gasteiger partial charge is 0.494 e. The second-order valence-electron chi connectivity index (χ2n) is 4.49. The van der Waals surface area contributed by atoms with Crippen molar-refractivity contribution in [2.45, 2.75) is 19.9 Å². The summed E-state index contributed by atoms with van der Waals surface area (Å²) in [6.45, 7) is 4.54. The first-order valence-electron chi connectivity index (χ1n) is 6.56. The van der Waals surface area contributed by atoms with E-state index in [9.17, 15) is 0 Å². The topological polar surface area (TPSA) is 44.5 Å². The molecule has 0 saturated carbocycles. The predicted molar refractivity (Wildman–Crippen MR) is 84.4 cm³/mol. The Morgan fingerprint density at radius 3 is 2.55 bits per heavy atom. The van der Waals surface area contributed by atoms with Gasteiger partial charge in [-0.2, -0.15) is 0 Å². The van der Waals surface area contributed by atoms with Gasteiger partial charge in [0.2, 0.25) is 0 Å². The van der Waals surface area contributed by atoms with E-state index in [0.717, 1.165) is 27.3 Å². The third-order valence-corrected chi connectivity index (χ3v) is 3.45. The van der Waals surface area contributed by atoms with E-state index in [2.05, 4.69) is 15.9 Å². The van der Waals surface area contributed by atoms with Crippen molar-refractivity contribution in [3.63, 3.8) is 0 Å². The first kappa shape index (κ1) is 14.9. The van der Waals surface area contributed by atoms with Gasteiger partial charge in [0.15, 0.2) is 0 Å². The van der Waals surface area contributed by atoms with E-state index < -0.39 is 0 Å². The lowest BCUT2D eigenvalue weighted by atomic mass is 10.1. The molecule has 3 nitrogen and oxygen atoms in total. The van der Waals surface area contributed by atoms with E-state index in [0.29, 0.717) is 6.61 Å². The molecule has 0 spiro atoms. The van der Waals surface area contributed by atoms with Crippen LogP contribution in [0.25, 0.3) is 0 Å². The molecule has 2 aromatic carbocycles. The zero-order valence-corrected chi connectivity index (χ0v) is 13.2. The third-order valence-electron chi connectivity index (χ3n) is 2.83. The summed E-state index contributed by atoms with van der Waals surface area (Å²) in [6.07, 6.45) is 0. The van der Waals surface area contributed by atoms with Crippen LogP contribution >= 0.6 is 15.9 Å². The highest BCUT2D eigenvalue weighted by Gasteiger charge is 2.07. The molecule has 2 rings (SSSR count). The molecule has 0 heterocycles. The van der Waals surface area contributed by atoms with Gasteiger partial charge in [-0.15, -0.1) is 0 Å². The highest BCUT2D eigenvalue weighted by atomic mass is 79.9. The molecule has 2 N–H and O–H groups in total. The van der Waals surface area contributed by atoms with Gasteiger partial charge in [0.25, 0.3) is 0 Å². The van der Waals surface area contributed by atoms with Crippen molar-refractivity contribution in [3.05, 3.63) is 52.5 Å². The van der Waals surface area contributed by atoms with Crippen LogP contribution in [0, 0.1) is 0 Å². The summed E-state index contributed by atoms with van der Waals surface area (Å²) in [5.41, 5.74) is 6.92. The molecule has 0 bridgehead atoms. The first-order valence-corrected chi connectivity index (χ1v) is 7.35. The zero-order valence-electron chi connectivity index (χ0n) is 11.6. The number of ether oxygens (including phenoxy) is 2. The molecule has 0 fully saturated rings. The van der Waals surface area contributed by atoms with Gasteiger partial charge in [0, 0.05) is 12.1 Å². The van der Waals surface area contributed by atoms with E-state index in [-0.39, 0.29) is 6.04 Å². The second kappa shape index (κ2) is 6.77. The van der Waals surface area contributed by atoms with Gasteiger partial charge >= 0.3 is 0 Å². The standard InChI is InChI=1S/C16H18BrNO2/c1-3-19-13-5-4-6-14(10-13)20-16-8-7-12(11(2)18)9-15(16)17/h4-11H,3,18H2,1-2H3/t11-/m0/s1. The summed E-state index contributed by atoms with van der Waals surface area (Å²) in [7, 11) is 0. The van der Waals surface area contributed by atoms with Gasteiger partial charge in [0.1, 0.15) is 17.2 Å². The van der Waals surface area contributed by atoms with E-state index in [4.69, 9.17) is 15.2 Å². The molecule has 0 aliphatic carbocycles. The molecule has 2 aromatic rings. The Balaban J connectivity index is 2.19. The Kier molecular flexibility index (Phi) is 5.04. The molecule has 0 unspecified atom stereocenters. The van der Waals surface area contributed by atoms with Crippen LogP contribution < -0.4 is 15.2 Å². The summed E-state index contributed by atoms with van der Waals surface area (Å²) in [5.74, 6) is 2.29. The molecule has 1 atom stereocenters. The molecule has 0 aliphatic rings. The maximum Gasteiger partial charge on any atom is 0.141 e. The normalized spacial score (nSPS) is 12.0. The van der Waals surface area contributed by atoms with Gasteiger partial charge in [-0.25, -0.2) is 0 Å². The fraction of sp³-hybridized carbons (Fsp3) is 0.250. The van der Waals surface area contributed by atoms with Crippen molar-refractivity contribution in [2.75, 3.05) is 6.61 Å². The van der Waals surface area contributed by atoms with Crippen LogP contribution in [-0.2, 0) is 0 Å². The van der Waals surface area contributed by atoms with Crippen molar-refractivity contribution in [1.29, 1.82) is 0 Å². The van der Waals surface area contributed by atoms with Gasteiger partial charge in [-0.05, 0) is 59.6 Å². The van der Waals surface area contributed by atoms with Crippen LogP contribution in [0.4, 0.5) is 0 Å². The van der Waals surface area contributed by atoms with Crippen molar-refractivity contribution >= 4 is 15.9 Å². The Morgan fingerprint density at radius 1 is 1.15 bits per heavy atom. The minimum absolute atomic E-state index is 0.00151. The summed E-state index contributed by atoms with van der Waals surface area (Å²) in [4.78, 5) is 0. The van der Waals surface area contributed by atoms with E-state index in [1.807, 2.05) is 56.3 Å². The molecular weight excluding hydrogens is 318 g/mol. The van der Waals surface area contributed by atoms with E-state index in [1.165, 1.54) is 0 Å². The quantitative estimate of drug-likeness (QED) is 0.864. The maximum absolute atomic E-state index is 5.86. The van der Waals surface area contributed by atoms with Gasteiger partial charge < -0.3 is 15.2 Å². The van der Waals surface area contributed by atoms with E-state index in [1.54, 1.807) is 0 Å². The Bertz CT molecular complexity index is 584. The number of halogens is 1. The lowest BCUT2D eigenvalue weighted by molar-refractivity contribution is 0.338. The lowest BCUT2D eigenvalue weighted by Gasteiger charge is -2.12. The van der Waals surface area contributed by atoms with Crippen molar-refractivity contribution in [3.8, 4) is 17.2 Å². The highest BCUT2D eigenvalue weighted by molar-refractivity contribution is 9.10. The van der Waals surface area contributed by atoms with E-state index >= 15 is 0 Å². The number of rotatable bonds is 5. The van der Waals surface area contributed by atoms with Gasteiger partial charge in [-0.1, -0.05) is 12.1 Å². The van der Waals surface area contributed by atoms with Crippen LogP contribution in [0.15, 0.2) is 46.9 Å². The number of hydrogen-bond acceptors (Lipinski definition) is 3. The molecule has 106 valence electrons. The van der Waals surface area contributed by atoms with Crippen LogP contribution in [0.2, 0.25) is 0 Å². The van der Waals surface area contributed by atoms with Gasteiger partial charge in [-0.3, -0.25) is 0 Å². The van der Waals surface area contributed by atoms with Crippen LogP contribution in [0.1, 0.15) is 25.5 Å². The minimum atomic E-state index is 0.00151. The van der Waals surface area contributed by atoms with Crippen molar-refractivity contribution in [2.24, 2.45) is 5.73 Å². The maximum atomic E-state index is 5.86. The fourth-order valence-electron chi connectivity index (χ4n) is 1.80. The van der Waals surface area contributed by atoms with Crippen LogP contribution in [-0.4, -0.2) is 6.61 Å². The molecule has 20 heavy (non-hydrogen) atoms. The van der Waals surface area contributed by atoms with Crippen molar-refractivity contribution < 1.29 is 9.47 Å². The summed E-state index contributed by atoms with van der Waals surface area (Å²) in [5, 5.41) is 0. The monoisotopic (exact) mass is 335 g/mol. The Labute approximate surface area is 127 Å². The highest BCUT2D eigenvalue weighted by Crippen LogP contribution is 2.32. The SMILES string of the molecule is CCOc1cccc(Oc2ccc([C@H](C)N)cc2Br)c1. The summed E-state index contributed by atoms with van der Waals surface area (Å²) in [6, 6.07) is 13.4. The number of hydrogen-bond donors (Lipinski definition) is 1. The zero-order chi connectivity index (χ0) is 14.5. The summed E-state index contributed by atoms with van der Waals surface area (Å²) < 4.78 is 12.2. The molecule has 0 amide bonds. The lowest BCUT2D eigenvalue weighted by Crippen LogP contribution is -2.04. The number of nitrogens with two attached hydrogens (primary N) is 1. The molecular formula is C16H18BrNO2. The predicted octanol–water partition coefficient (Wildman–Crippen LogP) is 4.66. The van der Waals surface area contributed by atoms with Crippen LogP contribution in [0.5, 0.6) is 17.2 Å². The Morgan fingerprint density at radius 2 is 1.90 bits per heavy atom. The van der Waals surface area contributed by atoms with Crippen molar-refractivity contribution in [1.82, 2.24) is 0 Å². The minimum Gasteiger partial charge on any atom is -0.494 e. The fourth-order valence-corrected chi connectivity index (χ4v) is 2.28.